The van der Waals surface area contributed by atoms with Gasteiger partial charge < -0.3 is 18.8 Å². The van der Waals surface area contributed by atoms with E-state index >= 15 is 0 Å². The Hall–Kier alpha value is -4.47. The monoisotopic (exact) mass is 473 g/mol. The molecule has 1 aliphatic rings. The molecular weight excluding hydrogens is 450 g/mol. The summed E-state index contributed by atoms with van der Waals surface area (Å²) < 4.78 is 20.6. The van der Waals surface area contributed by atoms with Gasteiger partial charge in [-0.25, -0.2) is 9.48 Å². The van der Waals surface area contributed by atoms with E-state index in [4.69, 9.17) is 14.2 Å². The lowest BCUT2D eigenvalue weighted by atomic mass is 10.1. The highest BCUT2D eigenvalue weighted by Crippen LogP contribution is 2.31. The largest absolute Gasteiger partial charge is 0.486 e. The van der Waals surface area contributed by atoms with Crippen molar-refractivity contribution in [3.63, 3.8) is 0 Å². The molecule has 0 bridgehead atoms. The number of hydrogen-bond acceptors (Lipinski definition) is 8. The summed E-state index contributed by atoms with van der Waals surface area (Å²) in [7, 11) is 0. The van der Waals surface area contributed by atoms with Gasteiger partial charge in [-0.15, -0.1) is 5.10 Å². The average Bonchev–Trinajstić information content (AvgIpc) is 3.52. The molecule has 0 spiro atoms. The first-order chi connectivity index (χ1) is 17.0. The first kappa shape index (κ1) is 22.3. The van der Waals surface area contributed by atoms with Crippen molar-refractivity contribution >= 4 is 11.8 Å². The highest BCUT2D eigenvalue weighted by atomic mass is 16.6. The van der Waals surface area contributed by atoms with Gasteiger partial charge in [-0.2, -0.15) is 0 Å². The van der Waals surface area contributed by atoms with E-state index < -0.39 is 5.97 Å². The van der Waals surface area contributed by atoms with Crippen molar-refractivity contribution in [1.82, 2.24) is 24.8 Å². The SMILES string of the molecule is Cc1cc(C(=O)COC(=O)c2ccc(-n3cnnn3)cc2)c(C)n1C[C@H]1COc2ccccc2O1. The van der Waals surface area contributed by atoms with Crippen molar-refractivity contribution < 1.29 is 23.8 Å². The number of benzene rings is 2. The van der Waals surface area contributed by atoms with E-state index in [1.165, 1.54) is 11.0 Å². The summed E-state index contributed by atoms with van der Waals surface area (Å²) in [5.74, 6) is 0.587. The van der Waals surface area contributed by atoms with Crippen LogP contribution in [0.25, 0.3) is 5.69 Å². The highest BCUT2D eigenvalue weighted by Gasteiger charge is 2.24. The zero-order chi connectivity index (χ0) is 24.4. The van der Waals surface area contributed by atoms with Crippen molar-refractivity contribution in [3.05, 3.63) is 83.4 Å². The zero-order valence-electron chi connectivity index (χ0n) is 19.2. The Balaban J connectivity index is 1.21. The van der Waals surface area contributed by atoms with E-state index in [1.807, 2.05) is 48.7 Å². The van der Waals surface area contributed by atoms with Crippen LogP contribution in [-0.4, -0.2) is 55.8 Å². The van der Waals surface area contributed by atoms with E-state index in [1.54, 1.807) is 24.3 Å². The second kappa shape index (κ2) is 9.41. The summed E-state index contributed by atoms with van der Waals surface area (Å²) in [6.45, 7) is 4.40. The summed E-state index contributed by atoms with van der Waals surface area (Å²) in [5, 5.41) is 11.0. The van der Waals surface area contributed by atoms with Gasteiger partial charge in [0.1, 0.15) is 12.9 Å². The fourth-order valence-corrected chi connectivity index (χ4v) is 4.04. The molecule has 10 heteroatoms. The third-order valence-corrected chi connectivity index (χ3v) is 5.88. The molecule has 0 unspecified atom stereocenters. The van der Waals surface area contributed by atoms with Crippen molar-refractivity contribution in [1.29, 1.82) is 0 Å². The standard InChI is InChI=1S/C25H23N5O5/c1-16-11-21(17(2)29(16)12-20-13-33-23-5-3-4-6-24(23)35-20)22(31)14-34-25(32)18-7-9-19(10-8-18)30-15-26-27-28-30/h3-11,15,20H,12-14H2,1-2H3/t20-/m0/s1. The minimum absolute atomic E-state index is 0.188. The van der Waals surface area contributed by atoms with Crippen molar-refractivity contribution in [2.24, 2.45) is 0 Å². The predicted octanol–water partition coefficient (Wildman–Crippen LogP) is 2.96. The lowest BCUT2D eigenvalue weighted by molar-refractivity contribution is 0.0474. The summed E-state index contributed by atoms with van der Waals surface area (Å²) in [5.41, 5.74) is 3.25. The Morgan fingerprint density at radius 2 is 1.86 bits per heavy atom. The molecule has 0 radical (unpaired) electrons. The molecule has 4 aromatic rings. The average molecular weight is 473 g/mol. The number of hydrogen-bond donors (Lipinski definition) is 0. The molecule has 1 atom stereocenters. The van der Waals surface area contributed by atoms with Crippen LogP contribution in [0, 0.1) is 13.8 Å². The number of carbonyl (C=O) groups is 2. The van der Waals surface area contributed by atoms with Gasteiger partial charge in [-0.1, -0.05) is 12.1 Å². The molecule has 0 saturated carbocycles. The number of rotatable bonds is 7. The Morgan fingerprint density at radius 1 is 1.09 bits per heavy atom. The van der Waals surface area contributed by atoms with E-state index in [-0.39, 0.29) is 18.5 Å². The van der Waals surface area contributed by atoms with Crippen LogP contribution in [0.3, 0.4) is 0 Å². The molecular formula is C25H23N5O5. The van der Waals surface area contributed by atoms with Crippen molar-refractivity contribution in [2.45, 2.75) is 26.5 Å². The van der Waals surface area contributed by atoms with Gasteiger partial charge in [-0.3, -0.25) is 4.79 Å². The number of Topliss-reactive ketones (excluding diaryl/α,β-unsaturated/α-hetero) is 1. The lowest BCUT2D eigenvalue weighted by Crippen LogP contribution is -2.33. The topological polar surface area (TPSA) is 110 Å². The van der Waals surface area contributed by atoms with Crippen LogP contribution < -0.4 is 9.47 Å². The number of nitrogens with zero attached hydrogens (tertiary/aromatic N) is 5. The molecule has 0 amide bonds. The van der Waals surface area contributed by atoms with Crippen LogP contribution in [0.15, 0.2) is 60.9 Å². The maximum atomic E-state index is 12.9. The maximum Gasteiger partial charge on any atom is 0.338 e. The molecule has 178 valence electrons. The molecule has 3 heterocycles. The maximum absolute atomic E-state index is 12.9. The van der Waals surface area contributed by atoms with Gasteiger partial charge in [0.25, 0.3) is 0 Å². The van der Waals surface area contributed by atoms with Crippen molar-refractivity contribution in [3.8, 4) is 17.2 Å². The molecule has 2 aromatic heterocycles. The Bertz CT molecular complexity index is 1360. The number of esters is 1. The fourth-order valence-electron chi connectivity index (χ4n) is 4.04. The summed E-state index contributed by atoms with van der Waals surface area (Å²) in [6, 6.07) is 15.9. The molecule has 2 aromatic carbocycles. The highest BCUT2D eigenvalue weighted by molar-refractivity contribution is 6.00. The molecule has 5 rings (SSSR count). The second-order valence-electron chi connectivity index (χ2n) is 8.19. The quantitative estimate of drug-likeness (QED) is 0.298. The van der Waals surface area contributed by atoms with Gasteiger partial charge in [0.15, 0.2) is 24.2 Å². The molecule has 0 saturated heterocycles. The minimum atomic E-state index is -0.582. The summed E-state index contributed by atoms with van der Waals surface area (Å²) in [4.78, 5) is 25.3. The number of ether oxygens (including phenoxy) is 3. The van der Waals surface area contributed by atoms with Gasteiger partial charge >= 0.3 is 5.97 Å². The number of ketones is 1. The first-order valence-electron chi connectivity index (χ1n) is 11.1. The van der Waals surface area contributed by atoms with E-state index in [0.29, 0.717) is 35.7 Å². The number of carbonyl (C=O) groups excluding carboxylic acids is 2. The minimum Gasteiger partial charge on any atom is -0.486 e. The number of para-hydroxylation sites is 2. The molecule has 1 aliphatic heterocycles. The smallest absolute Gasteiger partial charge is 0.338 e. The van der Waals surface area contributed by atoms with Gasteiger partial charge in [0.2, 0.25) is 5.78 Å². The Kier molecular flexibility index (Phi) is 6.01. The van der Waals surface area contributed by atoms with Crippen LogP contribution in [-0.2, 0) is 11.3 Å². The van der Waals surface area contributed by atoms with Gasteiger partial charge in [-0.05, 0) is 66.7 Å². The van der Waals surface area contributed by atoms with Crippen LogP contribution in [0.2, 0.25) is 0 Å². The number of tetrazole rings is 1. The number of fused-ring (bicyclic) bond motifs is 1. The fraction of sp³-hybridized carbons (Fsp3) is 0.240. The normalized spacial score (nSPS) is 14.5. The Morgan fingerprint density at radius 3 is 2.60 bits per heavy atom. The Labute approximate surface area is 201 Å². The van der Waals surface area contributed by atoms with Crippen LogP contribution >= 0.6 is 0 Å². The molecule has 35 heavy (non-hydrogen) atoms. The lowest BCUT2D eigenvalue weighted by Gasteiger charge is -2.27. The molecule has 0 aliphatic carbocycles. The predicted molar refractivity (Wildman–Crippen MR) is 124 cm³/mol. The van der Waals surface area contributed by atoms with Crippen LogP contribution in [0.4, 0.5) is 0 Å². The second-order valence-corrected chi connectivity index (χ2v) is 8.19. The molecule has 0 fully saturated rings. The summed E-state index contributed by atoms with van der Waals surface area (Å²) in [6.07, 6.45) is 1.26. The van der Waals surface area contributed by atoms with E-state index in [9.17, 15) is 9.59 Å². The van der Waals surface area contributed by atoms with Gasteiger partial charge in [0.05, 0.1) is 17.8 Å². The van der Waals surface area contributed by atoms with E-state index in [0.717, 1.165) is 17.1 Å². The van der Waals surface area contributed by atoms with Gasteiger partial charge in [0, 0.05) is 17.0 Å². The van der Waals surface area contributed by atoms with E-state index in [2.05, 4.69) is 15.5 Å². The molecule has 0 N–H and O–H groups in total. The number of aromatic nitrogens is 5. The van der Waals surface area contributed by atoms with Crippen LogP contribution in [0.5, 0.6) is 11.5 Å². The third kappa shape index (κ3) is 4.63. The first-order valence-corrected chi connectivity index (χ1v) is 11.1. The number of aryl methyl sites for hydroxylation is 1. The third-order valence-electron chi connectivity index (χ3n) is 5.88. The zero-order valence-corrected chi connectivity index (χ0v) is 19.2. The summed E-state index contributed by atoms with van der Waals surface area (Å²) >= 11 is 0. The van der Waals surface area contributed by atoms with Crippen molar-refractivity contribution in [2.75, 3.05) is 13.2 Å². The molecule has 10 nitrogen and oxygen atoms in total. The van der Waals surface area contributed by atoms with Crippen LogP contribution in [0.1, 0.15) is 32.1 Å².